The molecular weight excluding hydrogens is 451 g/mol. The fraction of sp³-hybridized carbons (Fsp3) is 0.280. The molecular formula is C25H25FN6O3. The molecule has 1 fully saturated rings. The second-order valence-corrected chi connectivity index (χ2v) is 8.55. The Balaban J connectivity index is 1.24. The van der Waals surface area contributed by atoms with Crippen molar-refractivity contribution in [2.45, 2.75) is 20.4 Å². The molecule has 0 atom stereocenters. The summed E-state index contributed by atoms with van der Waals surface area (Å²) < 4.78 is 22.2. The third-order valence-electron chi connectivity index (χ3n) is 6.03. The molecule has 5 rings (SSSR count). The first-order chi connectivity index (χ1) is 16.9. The number of halogens is 1. The molecule has 180 valence electrons. The number of carbonyl (C=O) groups is 1. The Kier molecular flexibility index (Phi) is 5.94. The topological polar surface area (TPSA) is 89.4 Å². The van der Waals surface area contributed by atoms with Gasteiger partial charge in [-0.15, -0.1) is 5.10 Å². The number of nitrogens with zero attached hydrogens (tertiary/aromatic N) is 6. The van der Waals surface area contributed by atoms with Gasteiger partial charge in [0.05, 0.1) is 17.9 Å². The summed E-state index contributed by atoms with van der Waals surface area (Å²) in [6.07, 6.45) is 0. The minimum Gasteiger partial charge on any atom is -0.454 e. The predicted molar refractivity (Wildman–Crippen MR) is 127 cm³/mol. The quantitative estimate of drug-likeness (QED) is 0.440. The molecule has 0 bridgehead atoms. The lowest BCUT2D eigenvalue weighted by molar-refractivity contribution is 0.0712. The second kappa shape index (κ2) is 9.21. The van der Waals surface area contributed by atoms with E-state index < -0.39 is 0 Å². The van der Waals surface area contributed by atoms with Crippen LogP contribution in [0.15, 0.2) is 63.8 Å². The zero-order chi connectivity index (χ0) is 24.5. The molecule has 0 unspecified atom stereocenters. The van der Waals surface area contributed by atoms with E-state index in [0.29, 0.717) is 55.7 Å². The van der Waals surface area contributed by atoms with Gasteiger partial charge in [-0.3, -0.25) is 14.3 Å². The number of aryl methyl sites for hydroxylation is 2. The van der Waals surface area contributed by atoms with E-state index in [1.807, 2.05) is 35.6 Å². The van der Waals surface area contributed by atoms with Gasteiger partial charge in [0, 0.05) is 37.9 Å². The predicted octanol–water partition coefficient (Wildman–Crippen LogP) is 2.79. The van der Waals surface area contributed by atoms with E-state index in [1.54, 1.807) is 17.0 Å². The first-order valence-electron chi connectivity index (χ1n) is 11.4. The summed E-state index contributed by atoms with van der Waals surface area (Å²) in [5, 5.41) is 8.89. The standard InChI is InChI=1S/C25H25FN6O3/c1-17-15-18(2)31(27-17)16-21-7-8-22(35-21)25(34)30-13-11-29(12-14-30)23-9-10-24(33)32(28-23)20-5-3-19(26)4-6-20/h3-10,15H,11-14,16H2,1-2H3. The summed E-state index contributed by atoms with van der Waals surface area (Å²) in [4.78, 5) is 29.0. The maximum atomic E-state index is 13.3. The van der Waals surface area contributed by atoms with Gasteiger partial charge in [0.25, 0.3) is 11.5 Å². The number of carbonyl (C=O) groups excluding carboxylic acids is 1. The highest BCUT2D eigenvalue weighted by atomic mass is 19.1. The molecule has 1 aliphatic rings. The molecule has 0 N–H and O–H groups in total. The Morgan fingerprint density at radius 3 is 2.40 bits per heavy atom. The highest BCUT2D eigenvalue weighted by molar-refractivity contribution is 5.91. The van der Waals surface area contributed by atoms with Gasteiger partial charge in [-0.2, -0.15) is 9.78 Å². The van der Waals surface area contributed by atoms with Crippen LogP contribution in [0.1, 0.15) is 27.7 Å². The normalized spacial score (nSPS) is 13.9. The zero-order valence-corrected chi connectivity index (χ0v) is 19.5. The van der Waals surface area contributed by atoms with Crippen molar-refractivity contribution >= 4 is 11.7 Å². The highest BCUT2D eigenvalue weighted by Gasteiger charge is 2.25. The van der Waals surface area contributed by atoms with E-state index in [9.17, 15) is 14.0 Å². The molecule has 3 aromatic heterocycles. The molecule has 4 heterocycles. The lowest BCUT2D eigenvalue weighted by Crippen LogP contribution is -2.49. The Morgan fingerprint density at radius 1 is 0.971 bits per heavy atom. The smallest absolute Gasteiger partial charge is 0.289 e. The largest absolute Gasteiger partial charge is 0.454 e. The first-order valence-corrected chi connectivity index (χ1v) is 11.4. The minimum absolute atomic E-state index is 0.159. The summed E-state index contributed by atoms with van der Waals surface area (Å²) in [5.74, 6) is 1.05. The van der Waals surface area contributed by atoms with Gasteiger partial charge >= 0.3 is 0 Å². The van der Waals surface area contributed by atoms with Gasteiger partial charge in [0.2, 0.25) is 0 Å². The van der Waals surface area contributed by atoms with Crippen molar-refractivity contribution in [3.05, 3.63) is 93.7 Å². The fourth-order valence-corrected chi connectivity index (χ4v) is 4.19. The number of hydrogen-bond donors (Lipinski definition) is 0. The third-order valence-corrected chi connectivity index (χ3v) is 6.03. The van der Waals surface area contributed by atoms with E-state index in [4.69, 9.17) is 4.42 Å². The average molecular weight is 477 g/mol. The minimum atomic E-state index is -0.381. The number of aromatic nitrogens is 4. The van der Waals surface area contributed by atoms with Crippen molar-refractivity contribution in [2.75, 3.05) is 31.1 Å². The van der Waals surface area contributed by atoms with Crippen LogP contribution in [-0.4, -0.2) is 56.5 Å². The van der Waals surface area contributed by atoms with Crippen molar-refractivity contribution in [1.29, 1.82) is 0 Å². The average Bonchev–Trinajstić information content (AvgIpc) is 3.45. The van der Waals surface area contributed by atoms with Crippen LogP contribution in [0, 0.1) is 19.7 Å². The van der Waals surface area contributed by atoms with Crippen LogP contribution < -0.4 is 10.5 Å². The Hall–Kier alpha value is -4.21. The molecule has 1 amide bonds. The number of benzene rings is 1. The second-order valence-electron chi connectivity index (χ2n) is 8.55. The Labute approximate surface area is 201 Å². The molecule has 1 aromatic carbocycles. The van der Waals surface area contributed by atoms with E-state index >= 15 is 0 Å². The molecule has 0 saturated carbocycles. The molecule has 35 heavy (non-hydrogen) atoms. The van der Waals surface area contributed by atoms with Crippen LogP contribution in [0.3, 0.4) is 0 Å². The summed E-state index contributed by atoms with van der Waals surface area (Å²) >= 11 is 0. The lowest BCUT2D eigenvalue weighted by Gasteiger charge is -2.35. The molecule has 0 radical (unpaired) electrons. The van der Waals surface area contributed by atoms with E-state index in [-0.39, 0.29) is 17.3 Å². The van der Waals surface area contributed by atoms with Crippen molar-refractivity contribution < 1.29 is 13.6 Å². The van der Waals surface area contributed by atoms with Crippen LogP contribution in [0.4, 0.5) is 10.2 Å². The number of amides is 1. The number of piperazine rings is 1. The molecule has 0 spiro atoms. The van der Waals surface area contributed by atoms with E-state index in [1.165, 1.54) is 35.0 Å². The highest BCUT2D eigenvalue weighted by Crippen LogP contribution is 2.17. The maximum Gasteiger partial charge on any atom is 0.289 e. The molecule has 4 aromatic rings. The van der Waals surface area contributed by atoms with Gasteiger partial charge in [0.1, 0.15) is 17.4 Å². The molecule has 0 aliphatic carbocycles. The molecule has 1 saturated heterocycles. The number of rotatable bonds is 5. The summed E-state index contributed by atoms with van der Waals surface area (Å²) in [6, 6.07) is 14.2. The van der Waals surface area contributed by atoms with Crippen LogP contribution in [0.2, 0.25) is 0 Å². The van der Waals surface area contributed by atoms with Gasteiger partial charge in [-0.1, -0.05) is 0 Å². The lowest BCUT2D eigenvalue weighted by atomic mass is 10.2. The summed E-state index contributed by atoms with van der Waals surface area (Å²) in [6.45, 7) is 6.48. The fourth-order valence-electron chi connectivity index (χ4n) is 4.19. The van der Waals surface area contributed by atoms with Crippen molar-refractivity contribution in [1.82, 2.24) is 24.5 Å². The van der Waals surface area contributed by atoms with Crippen LogP contribution in [0.25, 0.3) is 5.69 Å². The summed E-state index contributed by atoms with van der Waals surface area (Å²) in [5.41, 5.74) is 2.15. The summed E-state index contributed by atoms with van der Waals surface area (Å²) in [7, 11) is 0. The van der Waals surface area contributed by atoms with Crippen LogP contribution >= 0.6 is 0 Å². The number of anilines is 1. The van der Waals surface area contributed by atoms with Crippen molar-refractivity contribution in [3.8, 4) is 5.69 Å². The SMILES string of the molecule is Cc1cc(C)n(Cc2ccc(C(=O)N3CCN(c4ccc(=O)n(-c5ccc(F)cc5)n4)CC3)o2)n1. The van der Waals surface area contributed by atoms with Gasteiger partial charge < -0.3 is 14.2 Å². The zero-order valence-electron chi connectivity index (χ0n) is 19.5. The molecule has 10 heteroatoms. The van der Waals surface area contributed by atoms with Crippen molar-refractivity contribution in [2.24, 2.45) is 0 Å². The van der Waals surface area contributed by atoms with Gasteiger partial charge in [-0.05, 0) is 62.4 Å². The van der Waals surface area contributed by atoms with Crippen molar-refractivity contribution in [3.63, 3.8) is 0 Å². The Morgan fingerprint density at radius 2 is 1.71 bits per heavy atom. The maximum absolute atomic E-state index is 13.3. The monoisotopic (exact) mass is 476 g/mol. The van der Waals surface area contributed by atoms with E-state index in [2.05, 4.69) is 10.2 Å². The molecule has 9 nitrogen and oxygen atoms in total. The van der Waals surface area contributed by atoms with Gasteiger partial charge in [0.15, 0.2) is 5.76 Å². The number of furan rings is 1. The van der Waals surface area contributed by atoms with Crippen LogP contribution in [0.5, 0.6) is 0 Å². The number of hydrogen-bond acceptors (Lipinski definition) is 6. The third kappa shape index (κ3) is 4.72. The van der Waals surface area contributed by atoms with Gasteiger partial charge in [-0.25, -0.2) is 4.39 Å². The molecule has 1 aliphatic heterocycles. The Bertz CT molecular complexity index is 1410. The first kappa shape index (κ1) is 22.6. The van der Waals surface area contributed by atoms with E-state index in [0.717, 1.165) is 11.4 Å². The van der Waals surface area contributed by atoms with Crippen LogP contribution in [-0.2, 0) is 6.54 Å².